The zero-order chi connectivity index (χ0) is 23.8. The van der Waals surface area contributed by atoms with Gasteiger partial charge in [0.2, 0.25) is 0 Å². The average Bonchev–Trinajstić information content (AvgIpc) is 3.34. The van der Waals surface area contributed by atoms with E-state index in [9.17, 15) is 18.0 Å². The molecule has 1 aliphatic heterocycles. The second kappa shape index (κ2) is 10.6. The summed E-state index contributed by atoms with van der Waals surface area (Å²) in [5, 5.41) is 10.4. The van der Waals surface area contributed by atoms with Crippen molar-refractivity contribution in [3.8, 4) is 0 Å². The van der Waals surface area contributed by atoms with E-state index in [1.54, 1.807) is 23.2 Å². The highest BCUT2D eigenvalue weighted by Gasteiger charge is 2.38. The Balaban J connectivity index is 0.000000383. The smallest absolute Gasteiger partial charge is 0.475 e. The summed E-state index contributed by atoms with van der Waals surface area (Å²) in [6, 6.07) is 12.9. The lowest BCUT2D eigenvalue weighted by atomic mass is 10.1. The number of rotatable bonds is 4. The first-order valence-corrected chi connectivity index (χ1v) is 9.61. The van der Waals surface area contributed by atoms with Gasteiger partial charge in [0.1, 0.15) is 18.1 Å². The first kappa shape index (κ1) is 23.7. The lowest BCUT2D eigenvalue weighted by Gasteiger charge is -2.34. The predicted molar refractivity (Wildman–Crippen MR) is 109 cm³/mol. The molecular weight excluding hydrogens is 445 g/mol. The summed E-state index contributed by atoms with van der Waals surface area (Å²) >= 11 is 0. The fourth-order valence-electron chi connectivity index (χ4n) is 2.89. The number of morpholine rings is 1. The number of carboxylic acid groups (broad SMARTS) is 1. The van der Waals surface area contributed by atoms with Crippen LogP contribution in [-0.4, -0.2) is 57.8 Å². The van der Waals surface area contributed by atoms with E-state index in [0.717, 1.165) is 5.69 Å². The molecule has 3 heterocycles. The highest BCUT2D eigenvalue weighted by molar-refractivity contribution is 5.94. The molecule has 1 fully saturated rings. The second-order valence-electron chi connectivity index (χ2n) is 6.70. The van der Waals surface area contributed by atoms with Gasteiger partial charge < -0.3 is 24.5 Å². The van der Waals surface area contributed by atoms with Crippen LogP contribution in [-0.2, 0) is 9.53 Å². The fourth-order valence-corrected chi connectivity index (χ4v) is 2.89. The molecule has 1 unspecified atom stereocenters. The van der Waals surface area contributed by atoms with Crippen molar-refractivity contribution >= 4 is 23.4 Å². The number of benzene rings is 1. The van der Waals surface area contributed by atoms with Crippen molar-refractivity contribution in [2.24, 2.45) is 0 Å². The van der Waals surface area contributed by atoms with Crippen molar-refractivity contribution < 1.29 is 37.0 Å². The van der Waals surface area contributed by atoms with Crippen molar-refractivity contribution in [1.82, 2.24) is 14.9 Å². The van der Waals surface area contributed by atoms with Crippen LogP contribution in [0.15, 0.2) is 65.6 Å². The molecule has 33 heavy (non-hydrogen) atoms. The molecule has 1 aliphatic rings. The van der Waals surface area contributed by atoms with Gasteiger partial charge in [0, 0.05) is 18.4 Å². The maximum atomic E-state index is 12.8. The average molecular weight is 464 g/mol. The summed E-state index contributed by atoms with van der Waals surface area (Å²) in [6.45, 7) is 1.33. The first-order chi connectivity index (χ1) is 15.8. The van der Waals surface area contributed by atoms with Crippen LogP contribution in [0.25, 0.3) is 0 Å². The van der Waals surface area contributed by atoms with Crippen molar-refractivity contribution in [2.75, 3.05) is 25.1 Å². The van der Waals surface area contributed by atoms with Gasteiger partial charge in [0.05, 0.1) is 25.0 Å². The number of alkyl halides is 3. The highest BCUT2D eigenvalue weighted by atomic mass is 19.4. The number of halogens is 3. The zero-order valence-electron chi connectivity index (χ0n) is 17.0. The van der Waals surface area contributed by atoms with Gasteiger partial charge in [-0.25, -0.2) is 14.8 Å². The number of aliphatic carboxylic acids is 1. The summed E-state index contributed by atoms with van der Waals surface area (Å²) in [4.78, 5) is 32.3. The minimum absolute atomic E-state index is 0.114. The van der Waals surface area contributed by atoms with Crippen LogP contribution in [0.4, 0.5) is 24.7 Å². The number of hydrogen-bond acceptors (Lipinski definition) is 7. The molecule has 2 N–H and O–H groups in total. The van der Waals surface area contributed by atoms with E-state index in [2.05, 4.69) is 15.3 Å². The van der Waals surface area contributed by atoms with Crippen molar-refractivity contribution in [3.63, 3.8) is 0 Å². The Morgan fingerprint density at radius 2 is 1.88 bits per heavy atom. The predicted octanol–water partition coefficient (Wildman–Crippen LogP) is 3.66. The maximum Gasteiger partial charge on any atom is 0.490 e. The summed E-state index contributed by atoms with van der Waals surface area (Å²) in [6.07, 6.45) is -0.463. The number of nitrogens with zero attached hydrogens (tertiary/aromatic N) is 3. The Kier molecular flexibility index (Phi) is 7.61. The molecule has 4 rings (SSSR count). The normalized spacial score (nSPS) is 15.8. The number of carbonyl (C=O) groups is 2. The molecule has 2 aromatic heterocycles. The Morgan fingerprint density at radius 3 is 2.52 bits per heavy atom. The van der Waals surface area contributed by atoms with Gasteiger partial charge in [-0.15, -0.1) is 0 Å². The van der Waals surface area contributed by atoms with E-state index in [1.807, 2.05) is 30.3 Å². The van der Waals surface area contributed by atoms with E-state index in [1.165, 1.54) is 12.5 Å². The van der Waals surface area contributed by atoms with E-state index < -0.39 is 12.1 Å². The van der Waals surface area contributed by atoms with E-state index in [-0.39, 0.29) is 11.9 Å². The van der Waals surface area contributed by atoms with Gasteiger partial charge in [-0.1, -0.05) is 18.2 Å². The summed E-state index contributed by atoms with van der Waals surface area (Å²) in [7, 11) is 0. The molecule has 12 heteroatoms. The third-order valence-corrected chi connectivity index (χ3v) is 4.42. The number of para-hydroxylation sites is 1. The van der Waals surface area contributed by atoms with Crippen LogP contribution >= 0.6 is 0 Å². The van der Waals surface area contributed by atoms with Gasteiger partial charge in [-0.3, -0.25) is 4.79 Å². The fraction of sp³-hybridized carbons (Fsp3) is 0.238. The number of furan rings is 1. The lowest BCUT2D eigenvalue weighted by Crippen LogP contribution is -2.44. The van der Waals surface area contributed by atoms with Gasteiger partial charge >= 0.3 is 12.1 Å². The maximum absolute atomic E-state index is 12.8. The van der Waals surface area contributed by atoms with Crippen LogP contribution in [0.3, 0.4) is 0 Å². The SMILES string of the molecule is O=C(O)C(F)(F)F.O=C(c1ccoc1)N1CCOCC1c1nccc(Nc2ccccc2)n1. The topological polar surface area (TPSA) is 118 Å². The number of carboxylic acids is 1. The minimum Gasteiger partial charge on any atom is -0.475 e. The van der Waals surface area contributed by atoms with E-state index in [0.29, 0.717) is 37.0 Å². The number of carbonyl (C=O) groups excluding carboxylic acids is 1. The van der Waals surface area contributed by atoms with Gasteiger partial charge in [-0.2, -0.15) is 13.2 Å². The molecule has 0 radical (unpaired) electrons. The number of ether oxygens (including phenoxy) is 1. The number of hydrogen-bond donors (Lipinski definition) is 2. The van der Waals surface area contributed by atoms with Gasteiger partial charge in [-0.05, 0) is 24.3 Å². The summed E-state index contributed by atoms with van der Waals surface area (Å²) in [5.41, 5.74) is 1.44. The van der Waals surface area contributed by atoms with Crippen LogP contribution < -0.4 is 5.32 Å². The number of anilines is 2. The molecule has 0 spiro atoms. The van der Waals surface area contributed by atoms with Crippen molar-refractivity contribution in [3.05, 3.63) is 72.6 Å². The lowest BCUT2D eigenvalue weighted by molar-refractivity contribution is -0.192. The van der Waals surface area contributed by atoms with E-state index in [4.69, 9.17) is 19.1 Å². The number of nitrogens with one attached hydrogen (secondary N) is 1. The molecule has 1 amide bonds. The molecular formula is C21H19F3N4O5. The molecule has 174 valence electrons. The van der Waals surface area contributed by atoms with Gasteiger partial charge in [0.25, 0.3) is 5.91 Å². The van der Waals surface area contributed by atoms with Crippen molar-refractivity contribution in [1.29, 1.82) is 0 Å². The largest absolute Gasteiger partial charge is 0.490 e. The van der Waals surface area contributed by atoms with Crippen molar-refractivity contribution in [2.45, 2.75) is 12.2 Å². The molecule has 1 saturated heterocycles. The van der Waals surface area contributed by atoms with Crippen LogP contribution in [0.5, 0.6) is 0 Å². The third-order valence-electron chi connectivity index (χ3n) is 4.42. The molecule has 9 nitrogen and oxygen atoms in total. The Hall–Kier alpha value is -3.93. The first-order valence-electron chi connectivity index (χ1n) is 9.61. The van der Waals surface area contributed by atoms with Crippen LogP contribution in [0, 0.1) is 0 Å². The van der Waals surface area contributed by atoms with Crippen LogP contribution in [0.2, 0.25) is 0 Å². The Labute approximate surface area is 185 Å². The zero-order valence-corrected chi connectivity index (χ0v) is 17.0. The molecule has 1 atom stereocenters. The third kappa shape index (κ3) is 6.53. The quantitative estimate of drug-likeness (QED) is 0.601. The molecule has 0 bridgehead atoms. The number of aromatic nitrogens is 2. The molecule has 0 aliphatic carbocycles. The minimum atomic E-state index is -5.08. The van der Waals surface area contributed by atoms with Gasteiger partial charge in [0.15, 0.2) is 5.82 Å². The molecule has 1 aromatic carbocycles. The Bertz CT molecular complexity index is 1060. The molecule has 0 saturated carbocycles. The monoisotopic (exact) mass is 464 g/mol. The second-order valence-corrected chi connectivity index (χ2v) is 6.70. The number of amides is 1. The summed E-state index contributed by atoms with van der Waals surface area (Å²) < 4.78 is 42.3. The standard InChI is InChI=1S/C19H18N4O3.C2HF3O2/c24-19(14-7-10-25-12-14)23-9-11-26-13-16(23)18-20-8-6-17(22-18)21-15-4-2-1-3-5-15;3-2(4,5)1(6)7/h1-8,10,12,16H,9,11,13H2,(H,20,21,22);(H,6,7). The summed E-state index contributed by atoms with van der Waals surface area (Å²) in [5.74, 6) is -1.66. The Morgan fingerprint density at radius 1 is 1.15 bits per heavy atom. The van der Waals surface area contributed by atoms with Crippen LogP contribution in [0.1, 0.15) is 22.2 Å². The highest BCUT2D eigenvalue weighted by Crippen LogP contribution is 2.25. The molecule has 3 aromatic rings. The van der Waals surface area contributed by atoms with E-state index >= 15 is 0 Å².